The maximum atomic E-state index is 12.3. The van der Waals surface area contributed by atoms with Gasteiger partial charge in [-0.2, -0.15) is 0 Å². The van der Waals surface area contributed by atoms with E-state index in [1.165, 1.54) is 4.90 Å². The summed E-state index contributed by atoms with van der Waals surface area (Å²) in [6, 6.07) is 0. The zero-order valence-corrected chi connectivity index (χ0v) is 11.8. The van der Waals surface area contributed by atoms with E-state index in [1.54, 1.807) is 20.9 Å². The largest absolute Gasteiger partial charge is 0.480 e. The molecule has 1 rings (SSSR count). The molecule has 1 heterocycles. The van der Waals surface area contributed by atoms with Gasteiger partial charge >= 0.3 is 5.97 Å². The van der Waals surface area contributed by atoms with Gasteiger partial charge in [-0.1, -0.05) is 0 Å². The van der Waals surface area contributed by atoms with E-state index in [4.69, 9.17) is 9.84 Å². The van der Waals surface area contributed by atoms with Crippen LogP contribution in [-0.4, -0.2) is 46.7 Å². The highest BCUT2D eigenvalue weighted by molar-refractivity contribution is 5.87. The van der Waals surface area contributed by atoms with Crippen LogP contribution in [0, 0.1) is 5.92 Å². The van der Waals surface area contributed by atoms with E-state index < -0.39 is 11.5 Å². The van der Waals surface area contributed by atoms with Gasteiger partial charge in [-0.25, -0.2) is 4.79 Å². The highest BCUT2D eigenvalue weighted by Gasteiger charge is 2.39. The highest BCUT2D eigenvalue weighted by Crippen LogP contribution is 2.28. The first-order valence-electron chi connectivity index (χ1n) is 6.32. The summed E-state index contributed by atoms with van der Waals surface area (Å²) >= 11 is 0. The minimum Gasteiger partial charge on any atom is -0.480 e. The van der Waals surface area contributed by atoms with Crippen LogP contribution >= 0.6 is 0 Å². The molecule has 0 radical (unpaired) electrons. The van der Waals surface area contributed by atoms with Crippen LogP contribution in [0.25, 0.3) is 0 Å². The number of nitrogens with zero attached hydrogens (tertiary/aromatic N) is 1. The predicted molar refractivity (Wildman–Crippen MR) is 67.2 cm³/mol. The molecule has 5 nitrogen and oxygen atoms in total. The standard InChI is InChI=1S/C13H23NO4/c1-8-6-10(7-9(2)18-8)11(15)14(5)13(3,4)12(16)17/h8-10H,6-7H2,1-5H3,(H,16,17). The molecule has 2 atom stereocenters. The van der Waals surface area contributed by atoms with Crippen LogP contribution in [0.1, 0.15) is 40.5 Å². The quantitative estimate of drug-likeness (QED) is 0.832. The first-order valence-corrected chi connectivity index (χ1v) is 6.32. The van der Waals surface area contributed by atoms with E-state index in [0.29, 0.717) is 12.8 Å². The SMILES string of the molecule is CC1CC(C(=O)N(C)C(C)(C)C(=O)O)CC(C)O1. The maximum Gasteiger partial charge on any atom is 0.329 e. The molecule has 0 saturated carbocycles. The molecule has 1 saturated heterocycles. The van der Waals surface area contributed by atoms with Crippen LogP contribution in [0.3, 0.4) is 0 Å². The number of carboxylic acids is 1. The van der Waals surface area contributed by atoms with Crippen LogP contribution in [0.2, 0.25) is 0 Å². The Bertz CT molecular complexity index is 330. The lowest BCUT2D eigenvalue weighted by molar-refractivity contribution is -0.160. The summed E-state index contributed by atoms with van der Waals surface area (Å²) in [6.45, 7) is 6.97. The molecule has 18 heavy (non-hydrogen) atoms. The second kappa shape index (κ2) is 5.26. The Morgan fingerprint density at radius 3 is 2.06 bits per heavy atom. The minimum absolute atomic E-state index is 0.0454. The molecule has 1 fully saturated rings. The third kappa shape index (κ3) is 3.02. The number of carbonyl (C=O) groups excluding carboxylic acids is 1. The molecule has 1 aliphatic heterocycles. The van der Waals surface area contributed by atoms with E-state index in [0.717, 1.165) is 0 Å². The van der Waals surface area contributed by atoms with E-state index >= 15 is 0 Å². The number of carbonyl (C=O) groups is 2. The van der Waals surface area contributed by atoms with Gasteiger partial charge < -0.3 is 14.7 Å². The lowest BCUT2D eigenvalue weighted by Gasteiger charge is -2.38. The van der Waals surface area contributed by atoms with Gasteiger partial charge in [0.25, 0.3) is 0 Å². The molecule has 2 unspecified atom stereocenters. The summed E-state index contributed by atoms with van der Waals surface area (Å²) < 4.78 is 5.59. The van der Waals surface area contributed by atoms with Crippen LogP contribution in [0.15, 0.2) is 0 Å². The van der Waals surface area contributed by atoms with E-state index in [-0.39, 0.29) is 24.0 Å². The molecular formula is C13H23NO4. The Balaban J connectivity index is 2.78. The van der Waals surface area contributed by atoms with Crippen molar-refractivity contribution in [3.8, 4) is 0 Å². The molecule has 0 spiro atoms. The topological polar surface area (TPSA) is 66.8 Å². The molecule has 5 heteroatoms. The fraction of sp³-hybridized carbons (Fsp3) is 0.846. The van der Waals surface area contributed by atoms with Crippen LogP contribution in [-0.2, 0) is 14.3 Å². The zero-order chi connectivity index (χ0) is 14.1. The van der Waals surface area contributed by atoms with Crippen molar-refractivity contribution in [1.82, 2.24) is 4.90 Å². The van der Waals surface area contributed by atoms with Crippen molar-refractivity contribution in [1.29, 1.82) is 0 Å². The molecule has 0 aromatic rings. The fourth-order valence-electron chi connectivity index (χ4n) is 2.30. The first kappa shape index (κ1) is 15.0. The van der Waals surface area contributed by atoms with Crippen LogP contribution < -0.4 is 0 Å². The third-order valence-electron chi connectivity index (χ3n) is 3.74. The Kier molecular flexibility index (Phi) is 4.37. The van der Waals surface area contributed by atoms with E-state index in [1.807, 2.05) is 13.8 Å². The molecule has 104 valence electrons. The summed E-state index contributed by atoms with van der Waals surface area (Å²) in [6.07, 6.45) is 1.40. The summed E-state index contributed by atoms with van der Waals surface area (Å²) in [5.74, 6) is -1.25. The lowest BCUT2D eigenvalue weighted by atomic mass is 9.90. The van der Waals surface area contributed by atoms with Crippen molar-refractivity contribution >= 4 is 11.9 Å². The molecule has 0 aliphatic carbocycles. The normalized spacial score (nSPS) is 28.8. The maximum absolute atomic E-state index is 12.3. The van der Waals surface area contributed by atoms with Gasteiger partial charge in [-0.15, -0.1) is 0 Å². The number of hydrogen-bond donors (Lipinski definition) is 1. The van der Waals surface area contributed by atoms with Crippen molar-refractivity contribution in [3.63, 3.8) is 0 Å². The van der Waals surface area contributed by atoms with Gasteiger partial charge in [0.05, 0.1) is 12.2 Å². The Morgan fingerprint density at radius 1 is 1.22 bits per heavy atom. The van der Waals surface area contributed by atoms with Gasteiger partial charge in [0, 0.05) is 13.0 Å². The number of carboxylic acid groups (broad SMARTS) is 1. The third-order valence-corrected chi connectivity index (χ3v) is 3.74. The van der Waals surface area contributed by atoms with Gasteiger partial charge in [-0.05, 0) is 40.5 Å². The number of amides is 1. The molecule has 0 aromatic heterocycles. The monoisotopic (exact) mass is 257 g/mol. The summed E-state index contributed by atoms with van der Waals surface area (Å²) in [5, 5.41) is 9.14. The Morgan fingerprint density at radius 2 is 1.67 bits per heavy atom. The number of rotatable bonds is 3. The predicted octanol–water partition coefficient (Wildman–Crippen LogP) is 1.51. The molecule has 0 aromatic carbocycles. The lowest BCUT2D eigenvalue weighted by Crippen LogP contribution is -2.53. The number of likely N-dealkylation sites (N-methyl/N-ethyl adjacent to an activating group) is 1. The van der Waals surface area contributed by atoms with Gasteiger partial charge in [-0.3, -0.25) is 4.79 Å². The summed E-state index contributed by atoms with van der Waals surface area (Å²) in [5.41, 5.74) is -1.18. The summed E-state index contributed by atoms with van der Waals surface area (Å²) in [4.78, 5) is 24.8. The summed E-state index contributed by atoms with van der Waals surface area (Å²) in [7, 11) is 1.56. The van der Waals surface area contributed by atoms with E-state index in [2.05, 4.69) is 0 Å². The number of aliphatic carboxylic acids is 1. The molecule has 1 N–H and O–H groups in total. The highest BCUT2D eigenvalue weighted by atomic mass is 16.5. The van der Waals surface area contributed by atoms with Gasteiger partial charge in [0.15, 0.2) is 0 Å². The second-order valence-electron chi connectivity index (χ2n) is 5.69. The second-order valence-corrected chi connectivity index (χ2v) is 5.69. The van der Waals surface area contributed by atoms with Gasteiger partial charge in [0.2, 0.25) is 5.91 Å². The average molecular weight is 257 g/mol. The van der Waals surface area contributed by atoms with Crippen molar-refractivity contribution in [3.05, 3.63) is 0 Å². The van der Waals surface area contributed by atoms with Gasteiger partial charge in [0.1, 0.15) is 5.54 Å². The smallest absolute Gasteiger partial charge is 0.329 e. The van der Waals surface area contributed by atoms with Crippen LogP contribution in [0.4, 0.5) is 0 Å². The molecular weight excluding hydrogens is 234 g/mol. The average Bonchev–Trinajstić information content (AvgIpc) is 2.25. The van der Waals surface area contributed by atoms with Crippen LogP contribution in [0.5, 0.6) is 0 Å². The Labute approximate surface area is 108 Å². The van der Waals surface area contributed by atoms with Crippen molar-refractivity contribution in [2.24, 2.45) is 5.92 Å². The number of hydrogen-bond acceptors (Lipinski definition) is 3. The minimum atomic E-state index is -1.18. The first-order chi connectivity index (χ1) is 8.16. The van der Waals surface area contributed by atoms with Crippen molar-refractivity contribution < 1.29 is 19.4 Å². The molecule has 1 aliphatic rings. The number of ether oxygens (including phenoxy) is 1. The fourth-order valence-corrected chi connectivity index (χ4v) is 2.30. The zero-order valence-electron chi connectivity index (χ0n) is 11.8. The molecule has 0 bridgehead atoms. The van der Waals surface area contributed by atoms with Crippen molar-refractivity contribution in [2.45, 2.75) is 58.3 Å². The van der Waals surface area contributed by atoms with Crippen molar-refractivity contribution in [2.75, 3.05) is 7.05 Å². The van der Waals surface area contributed by atoms with E-state index in [9.17, 15) is 9.59 Å². The molecule has 1 amide bonds. The Hall–Kier alpha value is -1.10.